The quantitative estimate of drug-likeness (QED) is 0.784. The van der Waals surface area contributed by atoms with Crippen LogP contribution in [0.3, 0.4) is 0 Å². The summed E-state index contributed by atoms with van der Waals surface area (Å²) in [6.45, 7) is 0. The second-order valence-corrected chi connectivity index (χ2v) is 7.12. The molecule has 2 fully saturated rings. The van der Waals surface area contributed by atoms with Gasteiger partial charge in [-0.05, 0) is 23.3 Å². The number of hydrogen-bond donors (Lipinski definition) is 0. The molecule has 0 spiro atoms. The molecule has 5 nitrogen and oxygen atoms in total. The largest absolute Gasteiger partial charge is 0.495 e. The van der Waals surface area contributed by atoms with Gasteiger partial charge in [-0.2, -0.15) is 0 Å². The van der Waals surface area contributed by atoms with E-state index in [-0.39, 0.29) is 23.5 Å². The van der Waals surface area contributed by atoms with Crippen LogP contribution in [0.15, 0.2) is 48.5 Å². The number of amides is 2. The molecule has 6 rings (SSSR count). The number of nitrogens with zero attached hydrogens (tertiary/aromatic N) is 1. The van der Waals surface area contributed by atoms with Crippen LogP contribution >= 0.6 is 0 Å². The van der Waals surface area contributed by atoms with Crippen LogP contribution in [0.2, 0.25) is 0 Å². The van der Waals surface area contributed by atoms with Gasteiger partial charge in [0.25, 0.3) is 0 Å². The van der Waals surface area contributed by atoms with Crippen molar-refractivity contribution in [2.75, 3.05) is 12.0 Å². The minimum Gasteiger partial charge on any atom is -0.495 e. The van der Waals surface area contributed by atoms with Crippen molar-refractivity contribution in [2.45, 2.75) is 18.3 Å². The van der Waals surface area contributed by atoms with Crippen LogP contribution < -0.4 is 9.64 Å². The molecule has 0 N–H and O–H groups in total. The Hall–Kier alpha value is -2.95. The highest BCUT2D eigenvalue weighted by Crippen LogP contribution is 2.58. The van der Waals surface area contributed by atoms with E-state index >= 15 is 0 Å². The van der Waals surface area contributed by atoms with Gasteiger partial charge in [-0.1, -0.05) is 36.4 Å². The highest BCUT2D eigenvalue weighted by Gasteiger charge is 2.62. The first-order valence-electron chi connectivity index (χ1n) is 8.76. The number of ether oxygens (including phenoxy) is 1. The predicted molar refractivity (Wildman–Crippen MR) is 94.0 cm³/mol. The summed E-state index contributed by atoms with van der Waals surface area (Å²) in [6.07, 6.45) is 0.335. The van der Waals surface area contributed by atoms with Gasteiger partial charge in [0.2, 0.25) is 11.8 Å². The van der Waals surface area contributed by atoms with E-state index in [1.54, 1.807) is 24.3 Å². The van der Waals surface area contributed by atoms with Crippen molar-refractivity contribution in [3.8, 4) is 5.75 Å². The van der Waals surface area contributed by atoms with Crippen LogP contribution in [0.1, 0.15) is 29.4 Å². The van der Waals surface area contributed by atoms with Gasteiger partial charge in [-0.25, -0.2) is 4.90 Å². The number of methoxy groups -OCH3 is 1. The predicted octanol–water partition coefficient (Wildman–Crippen LogP) is 2.65. The molecule has 1 saturated carbocycles. The van der Waals surface area contributed by atoms with Crippen LogP contribution in [0, 0.1) is 11.8 Å². The maximum absolute atomic E-state index is 13.3. The van der Waals surface area contributed by atoms with Crippen LogP contribution in [0.25, 0.3) is 0 Å². The number of hydrogen-bond acceptors (Lipinski definition) is 4. The van der Waals surface area contributed by atoms with Crippen LogP contribution in [-0.2, 0) is 14.4 Å². The molecule has 1 saturated heterocycles. The third kappa shape index (κ3) is 1.77. The second kappa shape index (κ2) is 5.27. The average molecular weight is 347 g/mol. The van der Waals surface area contributed by atoms with Crippen molar-refractivity contribution < 1.29 is 19.1 Å². The number of benzene rings is 2. The lowest BCUT2D eigenvalue weighted by Gasteiger charge is -2.43. The zero-order valence-electron chi connectivity index (χ0n) is 14.2. The molecule has 0 unspecified atom stereocenters. The van der Waals surface area contributed by atoms with Crippen molar-refractivity contribution in [1.29, 1.82) is 0 Å². The molecular weight excluding hydrogens is 330 g/mol. The van der Waals surface area contributed by atoms with E-state index in [1.807, 2.05) is 24.3 Å². The Morgan fingerprint density at radius 3 is 2.31 bits per heavy atom. The Labute approximate surface area is 150 Å². The normalized spacial score (nSPS) is 29.0. The van der Waals surface area contributed by atoms with Crippen molar-refractivity contribution in [1.82, 2.24) is 0 Å². The van der Waals surface area contributed by atoms with E-state index in [1.165, 1.54) is 12.0 Å². The van der Waals surface area contributed by atoms with Crippen molar-refractivity contribution in [2.24, 2.45) is 11.8 Å². The number of imide groups is 1. The third-order valence-corrected chi connectivity index (χ3v) is 6.02. The number of carbonyl (C=O) groups is 3. The molecule has 5 heteroatoms. The molecule has 1 aliphatic heterocycles. The monoisotopic (exact) mass is 347 g/mol. The second-order valence-electron chi connectivity index (χ2n) is 7.12. The van der Waals surface area contributed by atoms with Gasteiger partial charge in [-0.3, -0.25) is 14.4 Å². The van der Waals surface area contributed by atoms with Gasteiger partial charge < -0.3 is 4.74 Å². The number of para-hydroxylation sites is 2. The van der Waals surface area contributed by atoms with Crippen molar-refractivity contribution in [3.63, 3.8) is 0 Å². The molecule has 0 radical (unpaired) electrons. The molecule has 130 valence electrons. The molecule has 0 aromatic heterocycles. The van der Waals surface area contributed by atoms with E-state index in [0.29, 0.717) is 17.9 Å². The smallest absolute Gasteiger partial charge is 0.238 e. The molecular formula is C21H17NO4. The fourth-order valence-corrected chi connectivity index (χ4v) is 5.01. The standard InChI is InChI=1S/C21H17NO4/c1-26-16-9-5-4-8-14(16)22-20(24)18-13-10-15(23)17(19(18)21(22)25)12-7-3-2-6-11(12)13/h2-9,13,17-19H,10H2,1H3/t13-,17-,18-,19+/m1/s1. The third-order valence-electron chi connectivity index (χ3n) is 6.02. The first-order chi connectivity index (χ1) is 12.6. The molecule has 2 aromatic carbocycles. The highest BCUT2D eigenvalue weighted by molar-refractivity contribution is 6.25. The topological polar surface area (TPSA) is 63.7 Å². The lowest BCUT2D eigenvalue weighted by molar-refractivity contribution is -0.134. The Kier molecular flexibility index (Phi) is 3.11. The Bertz CT molecular complexity index is 966. The first-order valence-corrected chi connectivity index (χ1v) is 8.76. The maximum Gasteiger partial charge on any atom is 0.238 e. The van der Waals surface area contributed by atoms with Crippen molar-refractivity contribution >= 4 is 23.3 Å². The Morgan fingerprint density at radius 1 is 0.885 bits per heavy atom. The van der Waals surface area contributed by atoms with Gasteiger partial charge in [0.05, 0.1) is 30.6 Å². The Morgan fingerprint density at radius 2 is 1.54 bits per heavy atom. The molecule has 3 aliphatic carbocycles. The number of carbonyl (C=O) groups excluding carboxylic acids is 3. The summed E-state index contributed by atoms with van der Waals surface area (Å²) in [5.41, 5.74) is 2.41. The van der Waals surface area contributed by atoms with E-state index in [0.717, 1.165) is 11.1 Å². The molecule has 2 amide bonds. The molecule has 2 aromatic rings. The SMILES string of the molecule is COc1ccccc1N1C(=O)[C@@H]2[C@H](C1=O)[C@@H]1CC(=O)[C@H]2c2ccccc21. The number of Topliss-reactive ketones (excluding diaryl/α,β-unsaturated/α-hetero) is 1. The molecule has 1 heterocycles. The lowest BCUT2D eigenvalue weighted by Crippen LogP contribution is -2.44. The fraction of sp³-hybridized carbons (Fsp3) is 0.286. The summed E-state index contributed by atoms with van der Waals surface area (Å²) in [6, 6.07) is 14.7. The summed E-state index contributed by atoms with van der Waals surface area (Å²) < 4.78 is 5.35. The number of ketones is 1. The van der Waals surface area contributed by atoms with Gasteiger partial charge in [0.1, 0.15) is 11.5 Å². The van der Waals surface area contributed by atoms with E-state index in [4.69, 9.17) is 4.74 Å². The van der Waals surface area contributed by atoms with Gasteiger partial charge in [-0.15, -0.1) is 0 Å². The van der Waals surface area contributed by atoms with Gasteiger partial charge >= 0.3 is 0 Å². The van der Waals surface area contributed by atoms with Gasteiger partial charge in [0, 0.05) is 12.3 Å². The summed E-state index contributed by atoms with van der Waals surface area (Å²) in [4.78, 5) is 40.4. The number of anilines is 1. The minimum atomic E-state index is -0.603. The number of rotatable bonds is 2. The zero-order valence-corrected chi connectivity index (χ0v) is 14.2. The van der Waals surface area contributed by atoms with E-state index in [2.05, 4.69) is 0 Å². The summed E-state index contributed by atoms with van der Waals surface area (Å²) in [7, 11) is 1.51. The highest BCUT2D eigenvalue weighted by atomic mass is 16.5. The summed E-state index contributed by atoms with van der Waals surface area (Å²) >= 11 is 0. The van der Waals surface area contributed by atoms with E-state index in [9.17, 15) is 14.4 Å². The number of fused-ring (bicyclic) bond motifs is 1. The van der Waals surface area contributed by atoms with E-state index < -0.39 is 17.8 Å². The van der Waals surface area contributed by atoms with Crippen LogP contribution in [0.4, 0.5) is 5.69 Å². The zero-order chi connectivity index (χ0) is 18.0. The molecule has 4 aliphatic rings. The summed E-state index contributed by atoms with van der Waals surface area (Å²) in [5.74, 6) is -1.77. The minimum absolute atomic E-state index is 0.0676. The fourth-order valence-electron chi connectivity index (χ4n) is 5.01. The lowest BCUT2D eigenvalue weighted by atomic mass is 9.56. The van der Waals surface area contributed by atoms with Crippen LogP contribution in [-0.4, -0.2) is 24.7 Å². The molecule has 2 bridgehead atoms. The molecule has 4 atom stereocenters. The molecule has 26 heavy (non-hydrogen) atoms. The average Bonchev–Trinajstić information content (AvgIpc) is 2.93. The maximum atomic E-state index is 13.3. The van der Waals surface area contributed by atoms with Crippen molar-refractivity contribution in [3.05, 3.63) is 59.7 Å². The van der Waals surface area contributed by atoms with Crippen LogP contribution in [0.5, 0.6) is 5.75 Å². The van der Waals surface area contributed by atoms with Gasteiger partial charge in [0.15, 0.2) is 0 Å². The summed E-state index contributed by atoms with van der Waals surface area (Å²) in [5, 5.41) is 0. The first kappa shape index (κ1) is 15.3. The Balaban J connectivity index is 1.67.